The average molecular weight is 440 g/mol. The van der Waals surface area contributed by atoms with E-state index in [1.54, 1.807) is 0 Å². The SMILES string of the molecule is CC[C@@H](O)[C@H](NC(=O)OCC1c2ccccc2-c2ccccc21)C12OCC(C)(CO1)CO2. The molecule has 3 saturated heterocycles. The van der Waals surface area contributed by atoms with Crippen LogP contribution in [0.5, 0.6) is 0 Å². The van der Waals surface area contributed by atoms with E-state index in [9.17, 15) is 9.90 Å². The molecule has 2 aromatic rings. The van der Waals surface area contributed by atoms with E-state index in [-0.39, 0.29) is 17.9 Å². The molecular weight excluding hydrogens is 410 g/mol. The molecule has 2 bridgehead atoms. The largest absolute Gasteiger partial charge is 0.449 e. The molecule has 32 heavy (non-hydrogen) atoms. The van der Waals surface area contributed by atoms with Crippen LogP contribution in [0.2, 0.25) is 0 Å². The molecule has 0 aromatic heterocycles. The highest BCUT2D eigenvalue weighted by Gasteiger charge is 2.57. The molecule has 1 amide bonds. The Bertz CT molecular complexity index is 937. The lowest BCUT2D eigenvalue weighted by molar-refractivity contribution is -0.477. The summed E-state index contributed by atoms with van der Waals surface area (Å²) in [7, 11) is 0. The highest BCUT2D eigenvalue weighted by Crippen LogP contribution is 2.45. The van der Waals surface area contributed by atoms with Gasteiger partial charge in [-0.1, -0.05) is 62.4 Å². The molecule has 0 saturated carbocycles. The van der Waals surface area contributed by atoms with Gasteiger partial charge in [-0.15, -0.1) is 0 Å². The number of aliphatic hydroxyl groups excluding tert-OH is 1. The van der Waals surface area contributed by atoms with Crippen molar-refractivity contribution >= 4 is 6.09 Å². The normalized spacial score (nSPS) is 28.0. The second-order valence-electron chi connectivity index (χ2n) is 9.20. The lowest BCUT2D eigenvalue weighted by atomic mass is 9.90. The Kier molecular flexibility index (Phi) is 5.45. The zero-order valence-corrected chi connectivity index (χ0v) is 18.4. The van der Waals surface area contributed by atoms with Gasteiger partial charge < -0.3 is 29.4 Å². The molecule has 7 nitrogen and oxygen atoms in total. The smallest absolute Gasteiger partial charge is 0.407 e. The van der Waals surface area contributed by atoms with Crippen LogP contribution < -0.4 is 5.32 Å². The number of amides is 1. The van der Waals surface area contributed by atoms with Crippen molar-refractivity contribution in [3.05, 3.63) is 59.7 Å². The predicted molar refractivity (Wildman–Crippen MR) is 117 cm³/mol. The van der Waals surface area contributed by atoms with E-state index in [1.807, 2.05) is 38.1 Å². The van der Waals surface area contributed by atoms with Crippen LogP contribution in [0.4, 0.5) is 4.79 Å². The molecule has 7 heteroatoms. The van der Waals surface area contributed by atoms with Gasteiger partial charge in [-0.25, -0.2) is 4.79 Å². The summed E-state index contributed by atoms with van der Waals surface area (Å²) in [5, 5.41) is 13.4. The standard InChI is InChI=1S/C25H29NO6/c1-3-21(27)22(25-30-13-24(2,14-31-25)15-32-25)26-23(28)29-12-20-18-10-6-4-8-16(18)17-9-5-7-11-19(17)20/h4-11,20-22,27H,3,12-15H2,1-2H3,(H,26,28)/t21-,22+,24?,25?/m1/s1. The monoisotopic (exact) mass is 439 g/mol. The zero-order chi connectivity index (χ0) is 22.3. The number of carbonyl (C=O) groups is 1. The van der Waals surface area contributed by atoms with E-state index >= 15 is 0 Å². The van der Waals surface area contributed by atoms with Crippen molar-refractivity contribution < 1.29 is 28.8 Å². The van der Waals surface area contributed by atoms with Crippen LogP contribution in [0.1, 0.15) is 37.3 Å². The van der Waals surface area contributed by atoms with Crippen molar-refractivity contribution in [3.63, 3.8) is 0 Å². The molecule has 0 unspecified atom stereocenters. The van der Waals surface area contributed by atoms with Crippen LogP contribution >= 0.6 is 0 Å². The van der Waals surface area contributed by atoms with E-state index in [2.05, 4.69) is 29.6 Å². The maximum atomic E-state index is 12.8. The summed E-state index contributed by atoms with van der Waals surface area (Å²) in [6.07, 6.45) is -1.17. The lowest BCUT2D eigenvalue weighted by Crippen LogP contribution is -2.70. The summed E-state index contributed by atoms with van der Waals surface area (Å²) in [5.74, 6) is -1.55. The molecule has 4 aliphatic rings. The Hall–Kier alpha value is -2.45. The van der Waals surface area contributed by atoms with Crippen molar-refractivity contribution in [1.82, 2.24) is 5.32 Å². The summed E-state index contributed by atoms with van der Waals surface area (Å²) in [6.45, 7) is 5.33. The number of hydrogen-bond donors (Lipinski definition) is 2. The molecule has 170 valence electrons. The summed E-state index contributed by atoms with van der Waals surface area (Å²) < 4.78 is 23.2. The highest BCUT2D eigenvalue weighted by molar-refractivity contribution is 5.79. The minimum atomic E-state index is -1.50. The highest BCUT2D eigenvalue weighted by atomic mass is 16.9. The second kappa shape index (κ2) is 8.15. The van der Waals surface area contributed by atoms with Gasteiger partial charge in [-0.2, -0.15) is 0 Å². The number of fused-ring (bicyclic) bond motifs is 6. The number of alkyl carbamates (subject to hydrolysis) is 1. The number of hydrogen-bond acceptors (Lipinski definition) is 6. The van der Waals surface area contributed by atoms with E-state index in [0.29, 0.717) is 26.2 Å². The molecule has 2 N–H and O–H groups in total. The van der Waals surface area contributed by atoms with Gasteiger partial charge in [0, 0.05) is 11.3 Å². The average Bonchev–Trinajstić information content (AvgIpc) is 3.15. The van der Waals surface area contributed by atoms with Gasteiger partial charge in [0.05, 0.1) is 25.9 Å². The molecule has 0 radical (unpaired) electrons. The van der Waals surface area contributed by atoms with E-state index < -0.39 is 24.2 Å². The van der Waals surface area contributed by atoms with Gasteiger partial charge in [0.2, 0.25) is 0 Å². The fourth-order valence-corrected chi connectivity index (χ4v) is 4.77. The van der Waals surface area contributed by atoms with Gasteiger partial charge in [0.15, 0.2) is 0 Å². The number of rotatable bonds is 6. The van der Waals surface area contributed by atoms with Crippen LogP contribution in [0.25, 0.3) is 11.1 Å². The molecule has 1 aliphatic carbocycles. The van der Waals surface area contributed by atoms with Crippen molar-refractivity contribution in [2.75, 3.05) is 26.4 Å². The van der Waals surface area contributed by atoms with Crippen molar-refractivity contribution in [3.8, 4) is 11.1 Å². The van der Waals surface area contributed by atoms with Crippen LogP contribution in [0, 0.1) is 5.41 Å². The minimum absolute atomic E-state index is 0.0466. The Balaban J connectivity index is 1.30. The second-order valence-corrected chi connectivity index (χ2v) is 9.20. The van der Waals surface area contributed by atoms with Crippen molar-refractivity contribution in [1.29, 1.82) is 0 Å². The number of aliphatic hydroxyl groups is 1. The third kappa shape index (κ3) is 3.59. The number of ether oxygens (including phenoxy) is 4. The first-order chi connectivity index (χ1) is 15.4. The van der Waals surface area contributed by atoms with Crippen LogP contribution in [-0.2, 0) is 18.9 Å². The van der Waals surface area contributed by atoms with E-state index in [1.165, 1.54) is 0 Å². The van der Waals surface area contributed by atoms with Gasteiger partial charge in [-0.05, 0) is 28.7 Å². The minimum Gasteiger partial charge on any atom is -0.449 e. The number of benzene rings is 2. The zero-order valence-electron chi connectivity index (χ0n) is 18.4. The Morgan fingerprint density at radius 1 is 1.06 bits per heavy atom. The topological polar surface area (TPSA) is 86.3 Å². The van der Waals surface area contributed by atoms with Crippen molar-refractivity contribution in [2.24, 2.45) is 5.41 Å². The molecule has 3 fully saturated rings. The summed E-state index contributed by atoms with van der Waals surface area (Å²) in [6, 6.07) is 15.4. The van der Waals surface area contributed by atoms with Crippen LogP contribution in [0.15, 0.2) is 48.5 Å². The number of carbonyl (C=O) groups excluding carboxylic acids is 1. The molecule has 6 rings (SSSR count). The first kappa shape index (κ1) is 21.4. The Morgan fingerprint density at radius 3 is 2.12 bits per heavy atom. The predicted octanol–water partition coefficient (Wildman–Crippen LogP) is 3.40. The summed E-state index contributed by atoms with van der Waals surface area (Å²) >= 11 is 0. The van der Waals surface area contributed by atoms with E-state index in [0.717, 1.165) is 22.3 Å². The summed E-state index contributed by atoms with van der Waals surface area (Å²) in [5.41, 5.74) is 4.39. The maximum Gasteiger partial charge on any atom is 0.407 e. The Labute approximate surface area is 187 Å². The van der Waals surface area contributed by atoms with Crippen LogP contribution in [-0.4, -0.2) is 55.7 Å². The molecule has 3 aliphatic heterocycles. The van der Waals surface area contributed by atoms with Gasteiger partial charge in [-0.3, -0.25) is 0 Å². The molecule has 3 heterocycles. The fraction of sp³-hybridized carbons (Fsp3) is 0.480. The van der Waals surface area contributed by atoms with Gasteiger partial charge in [0.25, 0.3) is 0 Å². The molecule has 2 aromatic carbocycles. The molecular formula is C25H29NO6. The van der Waals surface area contributed by atoms with Gasteiger partial charge >= 0.3 is 12.1 Å². The maximum absolute atomic E-state index is 12.8. The first-order valence-corrected chi connectivity index (χ1v) is 11.2. The Morgan fingerprint density at radius 2 is 1.59 bits per heavy atom. The third-order valence-electron chi connectivity index (χ3n) is 6.67. The first-order valence-electron chi connectivity index (χ1n) is 11.2. The summed E-state index contributed by atoms with van der Waals surface area (Å²) in [4.78, 5) is 12.8. The quantitative estimate of drug-likeness (QED) is 0.718. The molecule has 0 spiro atoms. The third-order valence-corrected chi connectivity index (χ3v) is 6.67. The van der Waals surface area contributed by atoms with E-state index in [4.69, 9.17) is 18.9 Å². The van der Waals surface area contributed by atoms with Crippen molar-refractivity contribution in [2.45, 2.75) is 44.3 Å². The fourth-order valence-electron chi connectivity index (χ4n) is 4.77. The molecule has 2 atom stereocenters. The van der Waals surface area contributed by atoms with Crippen LogP contribution in [0.3, 0.4) is 0 Å². The van der Waals surface area contributed by atoms with Gasteiger partial charge in [0.1, 0.15) is 12.6 Å². The lowest BCUT2D eigenvalue weighted by Gasteiger charge is -2.53. The number of nitrogens with one attached hydrogen (secondary N) is 1.